The van der Waals surface area contributed by atoms with Crippen LogP contribution in [0.4, 0.5) is 15.8 Å². The van der Waals surface area contributed by atoms with Gasteiger partial charge in [0.1, 0.15) is 5.82 Å². The van der Waals surface area contributed by atoms with E-state index in [2.05, 4.69) is 10.0 Å². The molecule has 0 radical (unpaired) electrons. The van der Waals surface area contributed by atoms with E-state index < -0.39 is 15.8 Å². The first-order chi connectivity index (χ1) is 14.8. The summed E-state index contributed by atoms with van der Waals surface area (Å²) in [5.74, 6) is -1.11. The van der Waals surface area contributed by atoms with E-state index in [0.717, 1.165) is 28.8 Å². The Labute approximate surface area is 179 Å². The molecule has 0 aliphatic carbocycles. The molecule has 0 atom stereocenters. The lowest BCUT2D eigenvalue weighted by Gasteiger charge is -2.09. The molecule has 1 amide bonds. The minimum absolute atomic E-state index is 0.230. The Hall–Kier alpha value is -3.65. The van der Waals surface area contributed by atoms with Gasteiger partial charge in [-0.05, 0) is 29.8 Å². The molecule has 3 aromatic carbocycles. The number of fused-ring (bicyclic) bond motifs is 1. The van der Waals surface area contributed by atoms with Crippen molar-refractivity contribution >= 4 is 38.2 Å². The summed E-state index contributed by atoms with van der Waals surface area (Å²) in [6.45, 7) is 0.605. The van der Waals surface area contributed by atoms with Crippen LogP contribution in [0.25, 0.3) is 10.9 Å². The molecule has 158 valence electrons. The van der Waals surface area contributed by atoms with Crippen LogP contribution in [-0.4, -0.2) is 25.1 Å². The number of nitrogens with zero attached hydrogens (tertiary/aromatic N) is 1. The number of halogens is 1. The van der Waals surface area contributed by atoms with E-state index in [1.165, 1.54) is 12.1 Å². The van der Waals surface area contributed by atoms with Crippen LogP contribution in [0.1, 0.15) is 15.9 Å². The third kappa shape index (κ3) is 4.75. The van der Waals surface area contributed by atoms with Crippen molar-refractivity contribution in [3.8, 4) is 0 Å². The average molecular weight is 437 g/mol. The highest BCUT2D eigenvalue weighted by Gasteiger charge is 2.16. The van der Waals surface area contributed by atoms with Crippen LogP contribution in [0.15, 0.2) is 79.0 Å². The maximum Gasteiger partial charge on any atom is 0.257 e. The summed E-state index contributed by atoms with van der Waals surface area (Å²) in [6.07, 6.45) is 2.71. The van der Waals surface area contributed by atoms with E-state index in [4.69, 9.17) is 0 Å². The molecule has 31 heavy (non-hydrogen) atoms. The van der Waals surface area contributed by atoms with Gasteiger partial charge in [-0.3, -0.25) is 9.52 Å². The lowest BCUT2D eigenvalue weighted by molar-refractivity contribution is 0.102. The molecule has 6 nitrogen and oxygen atoms in total. The number of anilines is 2. The number of carbonyl (C=O) groups excluding carboxylic acids is 1. The minimum atomic E-state index is -3.66. The van der Waals surface area contributed by atoms with E-state index in [1.54, 1.807) is 6.20 Å². The number of amides is 1. The van der Waals surface area contributed by atoms with Crippen LogP contribution >= 0.6 is 0 Å². The first kappa shape index (κ1) is 20.6. The summed E-state index contributed by atoms with van der Waals surface area (Å²) in [7, 11) is -3.66. The van der Waals surface area contributed by atoms with Crippen molar-refractivity contribution in [3.05, 3.63) is 95.9 Å². The lowest BCUT2D eigenvalue weighted by atomic mass is 10.1. The molecule has 1 aromatic heterocycles. The highest BCUT2D eigenvalue weighted by atomic mass is 32.2. The average Bonchev–Trinajstić information content (AvgIpc) is 3.09. The van der Waals surface area contributed by atoms with Gasteiger partial charge in [0.2, 0.25) is 10.0 Å². The van der Waals surface area contributed by atoms with Crippen molar-refractivity contribution in [2.45, 2.75) is 6.54 Å². The van der Waals surface area contributed by atoms with E-state index in [1.807, 2.05) is 59.2 Å². The quantitative estimate of drug-likeness (QED) is 0.468. The van der Waals surface area contributed by atoms with Gasteiger partial charge in [0.25, 0.3) is 5.91 Å². The molecule has 0 unspecified atom stereocenters. The number of para-hydroxylation sites is 1. The molecule has 0 bridgehead atoms. The number of benzene rings is 3. The smallest absolute Gasteiger partial charge is 0.257 e. The molecular formula is C23H20FN3O3S. The summed E-state index contributed by atoms with van der Waals surface area (Å²) in [5.41, 5.74) is 2.53. The number of carbonyl (C=O) groups is 1. The van der Waals surface area contributed by atoms with Gasteiger partial charge in [-0.25, -0.2) is 12.8 Å². The first-order valence-electron chi connectivity index (χ1n) is 9.51. The predicted octanol–water partition coefficient (Wildman–Crippen LogP) is 4.45. The van der Waals surface area contributed by atoms with Gasteiger partial charge in [-0.2, -0.15) is 0 Å². The molecular weight excluding hydrogens is 417 g/mol. The standard InChI is InChI=1S/C23H20FN3O3S/c1-31(29,30)26-21-13-17(11-12-20(21)24)25-23(28)19-15-27(14-16-7-3-2-4-8-16)22-10-6-5-9-18(19)22/h2-13,15,26H,14H2,1H3,(H,25,28). The number of aromatic nitrogens is 1. The zero-order chi connectivity index (χ0) is 22.0. The van der Waals surface area contributed by atoms with Gasteiger partial charge < -0.3 is 9.88 Å². The number of hydrogen-bond donors (Lipinski definition) is 2. The molecule has 0 fully saturated rings. The topological polar surface area (TPSA) is 80.2 Å². The van der Waals surface area contributed by atoms with Crippen molar-refractivity contribution in [1.82, 2.24) is 4.57 Å². The molecule has 1 heterocycles. The Morgan fingerprint density at radius 1 is 1.00 bits per heavy atom. The summed E-state index contributed by atoms with van der Waals surface area (Å²) in [5, 5.41) is 3.51. The normalized spacial score (nSPS) is 11.4. The van der Waals surface area contributed by atoms with Crippen molar-refractivity contribution in [2.24, 2.45) is 0 Å². The van der Waals surface area contributed by atoms with Gasteiger partial charge in [0.05, 0.1) is 17.5 Å². The Balaban J connectivity index is 1.65. The van der Waals surface area contributed by atoms with Crippen molar-refractivity contribution in [1.29, 1.82) is 0 Å². The predicted molar refractivity (Wildman–Crippen MR) is 120 cm³/mol. The largest absolute Gasteiger partial charge is 0.342 e. The SMILES string of the molecule is CS(=O)(=O)Nc1cc(NC(=O)c2cn(Cc3ccccc3)c3ccccc23)ccc1F. The molecule has 0 aliphatic heterocycles. The number of hydrogen-bond acceptors (Lipinski definition) is 3. The van der Waals surface area contributed by atoms with Gasteiger partial charge in [-0.1, -0.05) is 48.5 Å². The fourth-order valence-electron chi connectivity index (χ4n) is 3.42. The molecule has 0 aliphatic rings. The van der Waals surface area contributed by atoms with E-state index in [9.17, 15) is 17.6 Å². The fourth-order valence-corrected chi connectivity index (χ4v) is 3.97. The zero-order valence-electron chi connectivity index (χ0n) is 16.7. The summed E-state index contributed by atoms with van der Waals surface area (Å²) in [6, 6.07) is 21.2. The van der Waals surface area contributed by atoms with Gasteiger partial charge in [0, 0.05) is 29.3 Å². The summed E-state index contributed by atoms with van der Waals surface area (Å²) < 4.78 is 40.9. The van der Waals surface area contributed by atoms with Gasteiger partial charge >= 0.3 is 0 Å². The van der Waals surface area contributed by atoms with E-state index in [-0.39, 0.29) is 17.3 Å². The summed E-state index contributed by atoms with van der Waals surface area (Å²) >= 11 is 0. The Morgan fingerprint density at radius 2 is 1.71 bits per heavy atom. The number of sulfonamides is 1. The molecule has 0 saturated heterocycles. The monoisotopic (exact) mass is 437 g/mol. The molecule has 2 N–H and O–H groups in total. The van der Waals surface area contributed by atoms with Crippen LogP contribution in [0.3, 0.4) is 0 Å². The van der Waals surface area contributed by atoms with Gasteiger partial charge in [-0.15, -0.1) is 0 Å². The minimum Gasteiger partial charge on any atom is -0.342 e. The van der Waals surface area contributed by atoms with Crippen LogP contribution < -0.4 is 10.0 Å². The maximum absolute atomic E-state index is 13.9. The Morgan fingerprint density at radius 3 is 2.45 bits per heavy atom. The van der Waals surface area contributed by atoms with Crippen LogP contribution in [0.2, 0.25) is 0 Å². The second kappa shape index (κ2) is 8.23. The second-order valence-electron chi connectivity index (χ2n) is 7.20. The highest BCUT2D eigenvalue weighted by Crippen LogP contribution is 2.25. The van der Waals surface area contributed by atoms with Crippen molar-refractivity contribution < 1.29 is 17.6 Å². The van der Waals surface area contributed by atoms with Crippen LogP contribution in [0, 0.1) is 5.82 Å². The van der Waals surface area contributed by atoms with E-state index >= 15 is 0 Å². The third-order valence-electron chi connectivity index (χ3n) is 4.75. The first-order valence-corrected chi connectivity index (χ1v) is 11.4. The molecule has 0 spiro atoms. The van der Waals surface area contributed by atoms with Crippen molar-refractivity contribution in [3.63, 3.8) is 0 Å². The van der Waals surface area contributed by atoms with Gasteiger partial charge in [0.15, 0.2) is 0 Å². The van der Waals surface area contributed by atoms with Crippen LogP contribution in [-0.2, 0) is 16.6 Å². The highest BCUT2D eigenvalue weighted by molar-refractivity contribution is 7.92. The summed E-state index contributed by atoms with van der Waals surface area (Å²) in [4.78, 5) is 13.0. The lowest BCUT2D eigenvalue weighted by Crippen LogP contribution is -2.14. The third-order valence-corrected chi connectivity index (χ3v) is 5.34. The Bertz CT molecular complexity index is 1370. The van der Waals surface area contributed by atoms with E-state index in [0.29, 0.717) is 12.1 Å². The molecule has 8 heteroatoms. The number of nitrogens with one attached hydrogen (secondary N) is 2. The second-order valence-corrected chi connectivity index (χ2v) is 8.94. The fraction of sp³-hybridized carbons (Fsp3) is 0.0870. The molecule has 4 aromatic rings. The molecule has 4 rings (SSSR count). The molecule has 0 saturated carbocycles. The number of rotatable bonds is 6. The zero-order valence-corrected chi connectivity index (χ0v) is 17.5. The van der Waals surface area contributed by atoms with Crippen LogP contribution in [0.5, 0.6) is 0 Å². The van der Waals surface area contributed by atoms with Crippen molar-refractivity contribution in [2.75, 3.05) is 16.3 Å². The maximum atomic E-state index is 13.9. The Kier molecular flexibility index (Phi) is 5.48.